The summed E-state index contributed by atoms with van der Waals surface area (Å²) in [5.74, 6) is 1.27. The SMILES string of the molecule is C.CC(=O)c1cccc(C[C@@H](Cl)B2OC3CC4CC(C4(C)C)[C@]3(C)O2)c1C.CC(=O)c1cccc(C[C@H](C)B2OC3CC4CC(C4(C)C)[C@]3(C)O2)c1C.C[C@H]1Cc2cccc(C(=O)[O-])c2O[B-]1(O)O.[Br-].[CH3-].[Mg+2].[Na+].[Na+]. The molecule has 8 fully saturated rings. The van der Waals surface area contributed by atoms with E-state index in [1.165, 1.54) is 24.5 Å². The summed E-state index contributed by atoms with van der Waals surface area (Å²) < 4.78 is 30.8. The van der Waals surface area contributed by atoms with Crippen LogP contribution < -0.4 is 85.9 Å². The summed E-state index contributed by atoms with van der Waals surface area (Å²) in [7, 11) is -0.539. The zero-order valence-electron chi connectivity index (χ0n) is 46.1. The molecule has 74 heavy (non-hydrogen) atoms. The Kier molecular flexibility index (Phi) is 24.7. The molecule has 0 aromatic heterocycles. The maximum absolute atomic E-state index is 11.8. The molecule has 6 aliphatic carbocycles. The van der Waals surface area contributed by atoms with Crippen molar-refractivity contribution in [3.63, 3.8) is 0 Å². The van der Waals surface area contributed by atoms with Crippen LogP contribution >= 0.6 is 11.6 Å². The third-order valence-corrected chi connectivity index (χ3v) is 18.6. The van der Waals surface area contributed by atoms with E-state index < -0.39 is 18.5 Å². The number of fused-ring (bicyclic) bond motifs is 1. The quantitative estimate of drug-likeness (QED) is 0.133. The smallest absolute Gasteiger partial charge is 1.00 e. The Hall–Kier alpha value is -0.239. The van der Waals surface area contributed by atoms with Crippen LogP contribution in [0.3, 0.4) is 0 Å². The third-order valence-electron chi connectivity index (χ3n) is 18.2. The van der Waals surface area contributed by atoms with E-state index in [-0.39, 0.29) is 186 Å². The van der Waals surface area contributed by atoms with Gasteiger partial charge >= 0.3 is 103 Å². The number of benzene rings is 3. The van der Waals surface area contributed by atoms with Gasteiger partial charge in [-0.05, 0) is 161 Å². The summed E-state index contributed by atoms with van der Waals surface area (Å²) in [5, 5.41) is 29.7. The van der Waals surface area contributed by atoms with Crippen LogP contribution in [0.15, 0.2) is 54.6 Å². The van der Waals surface area contributed by atoms with Gasteiger partial charge in [-0.1, -0.05) is 103 Å². The fourth-order valence-electron chi connectivity index (χ4n) is 13.4. The number of aromatic carboxylic acids is 1. The van der Waals surface area contributed by atoms with E-state index in [1.54, 1.807) is 32.9 Å². The monoisotopic (exact) mass is 1130 g/mol. The Balaban J connectivity index is 0.000000375. The first-order valence-corrected chi connectivity index (χ1v) is 25.2. The number of para-hydroxylation sites is 1. The van der Waals surface area contributed by atoms with E-state index in [2.05, 4.69) is 54.5 Å². The molecule has 0 amide bonds. The van der Waals surface area contributed by atoms with Gasteiger partial charge in [-0.2, -0.15) is 0 Å². The van der Waals surface area contributed by atoms with E-state index >= 15 is 0 Å². The van der Waals surface area contributed by atoms with Crippen LogP contribution in [0.1, 0.15) is 161 Å². The van der Waals surface area contributed by atoms with Crippen LogP contribution in [0.25, 0.3) is 0 Å². The molecule has 0 radical (unpaired) electrons. The average Bonchev–Trinajstić information content (AvgIpc) is 3.82. The summed E-state index contributed by atoms with van der Waals surface area (Å²) in [6, 6.07) is 16.5. The number of hydrogen-bond donors (Lipinski definition) is 2. The van der Waals surface area contributed by atoms with E-state index in [4.69, 9.17) is 34.9 Å². The van der Waals surface area contributed by atoms with Gasteiger partial charge < -0.3 is 67.6 Å². The molecular weight excluding hydrogens is 1050 g/mol. The van der Waals surface area contributed by atoms with Crippen LogP contribution in [0.2, 0.25) is 11.6 Å². The number of ketones is 2. The molecule has 12 rings (SSSR count). The number of carbonyl (C=O) groups excluding carboxylic acids is 3. The van der Waals surface area contributed by atoms with E-state index in [9.17, 15) is 29.5 Å². The minimum Gasteiger partial charge on any atom is -1.00 e. The van der Waals surface area contributed by atoms with Crippen molar-refractivity contribution in [2.75, 3.05) is 0 Å². The average molecular weight is 1130 g/mol. The van der Waals surface area contributed by atoms with Crippen LogP contribution in [0, 0.1) is 55.8 Å². The van der Waals surface area contributed by atoms with Gasteiger partial charge in [-0.3, -0.25) is 9.59 Å². The molecule has 3 aromatic rings. The van der Waals surface area contributed by atoms with Crippen molar-refractivity contribution in [2.24, 2.45) is 34.5 Å². The number of hydrogen-bond acceptors (Lipinski definition) is 11. The number of halogens is 2. The molecule has 6 saturated carbocycles. The minimum absolute atomic E-state index is 0. The fourth-order valence-corrected chi connectivity index (χ4v) is 13.6. The molecule has 2 saturated heterocycles. The summed E-state index contributed by atoms with van der Waals surface area (Å²) in [4.78, 5) is 34.4. The standard InChI is InChI=1S/C22H31BO3.C21H28BClO3.C10H12BO5.CH4.CH3.BrH.Mg.2Na/c1-13(10-16-8-7-9-18(14(16)2)15(3)24)23-25-20-12-17-11-19(21(17,4)5)22(20,6)26-23;1-12-14(7-6-8-16(12)13(2)24)9-19(23)22-25-18-11-15-10-17(20(15,3)4)21(18,5)26-22;1-6-5-7-3-2-4-8(10(12)13)9(7)16-11(6,14)15;;;;;;/h7-9,13,17,19-20H,10-12H2,1-6H3;6-8,15,17-19H,9-11H2,1-5H3;2-4,6,14-15H,5H2,1H3,(H,12,13);1H4;1H3;1H;;;/q;;-1;;-1;;+2;2*+1/p-2/t13-,17?,19?,20?,22-;15?,17?,18?,19-,21+;6-;;;;;;/m010....../s1. The van der Waals surface area contributed by atoms with Crippen molar-refractivity contribution in [3.8, 4) is 5.75 Å². The number of carbonyl (C=O) groups is 3. The van der Waals surface area contributed by atoms with Crippen molar-refractivity contribution in [3.05, 3.63) is 107 Å². The van der Waals surface area contributed by atoms with Crippen LogP contribution in [0.4, 0.5) is 0 Å². The Labute approximate surface area is 519 Å². The van der Waals surface area contributed by atoms with Gasteiger partial charge in [0.25, 0.3) is 0 Å². The molecule has 2 N–H and O–H groups in total. The van der Waals surface area contributed by atoms with Crippen LogP contribution in [0.5, 0.6) is 5.75 Å². The zero-order valence-corrected chi connectivity index (χ0v) is 53.9. The Bertz CT molecular complexity index is 2360. The predicted molar refractivity (Wildman–Crippen MR) is 283 cm³/mol. The predicted octanol–water partition coefficient (Wildman–Crippen LogP) is 0.490. The zero-order chi connectivity index (χ0) is 49.6. The molecule has 6 unspecified atom stereocenters. The normalized spacial score (nSPS) is 29.8. The second-order valence-electron chi connectivity index (χ2n) is 23.0. The van der Waals surface area contributed by atoms with Crippen molar-refractivity contribution >= 4 is 73.2 Å². The Morgan fingerprint density at radius 2 is 1.16 bits per heavy atom. The molecule has 9 aliphatic rings. The molecule has 11 nitrogen and oxygen atoms in total. The van der Waals surface area contributed by atoms with Crippen molar-refractivity contribution in [1.82, 2.24) is 0 Å². The first-order valence-electron chi connectivity index (χ1n) is 24.8. The summed E-state index contributed by atoms with van der Waals surface area (Å²) in [6.07, 6.45) is 6.97. The van der Waals surface area contributed by atoms with Gasteiger partial charge in [0.1, 0.15) is 0 Å². The van der Waals surface area contributed by atoms with E-state index in [0.717, 1.165) is 58.9 Å². The number of alkyl halides is 1. The number of rotatable bonds is 9. The molecule has 3 heterocycles. The summed E-state index contributed by atoms with van der Waals surface area (Å²) in [6.45, 7) is 22.1. The molecule has 3 aliphatic heterocycles. The van der Waals surface area contributed by atoms with Crippen LogP contribution in [-0.2, 0) is 37.9 Å². The maximum atomic E-state index is 11.8. The van der Waals surface area contributed by atoms with Gasteiger partial charge in [0.05, 0.1) is 40.4 Å². The maximum Gasteiger partial charge on any atom is 2.00 e. The van der Waals surface area contributed by atoms with E-state index in [1.807, 2.05) is 44.2 Å². The molecule has 0 spiro atoms. The van der Waals surface area contributed by atoms with E-state index in [0.29, 0.717) is 41.1 Å². The van der Waals surface area contributed by atoms with Crippen molar-refractivity contribution < 1.29 is 129 Å². The summed E-state index contributed by atoms with van der Waals surface area (Å²) >= 11 is 6.75. The molecule has 11 atom stereocenters. The Morgan fingerprint density at radius 1 is 0.743 bits per heavy atom. The fraction of sp³-hybridized carbons (Fsp3) is 0.600. The minimum atomic E-state index is -3.00. The molecule has 390 valence electrons. The largest absolute Gasteiger partial charge is 2.00 e. The number of Topliss-reactive ketones (excluding diaryl/α,β-unsaturated/α-hetero) is 2. The second-order valence-corrected chi connectivity index (χ2v) is 23.6. The van der Waals surface area contributed by atoms with Crippen LogP contribution in [-0.4, -0.2) is 100 Å². The van der Waals surface area contributed by atoms with Gasteiger partial charge in [-0.15, -0.1) is 11.6 Å². The number of carboxylic acid groups (broad SMARTS) is 1. The topological polar surface area (TPSA) is 161 Å². The molecule has 3 aromatic carbocycles. The van der Waals surface area contributed by atoms with Crippen molar-refractivity contribution in [1.29, 1.82) is 0 Å². The van der Waals surface area contributed by atoms with Gasteiger partial charge in [-0.25, -0.2) is 0 Å². The summed E-state index contributed by atoms with van der Waals surface area (Å²) in [5.41, 5.74) is 6.84. The molecule has 4 bridgehead atoms. The van der Waals surface area contributed by atoms with Gasteiger partial charge in [0.15, 0.2) is 11.6 Å². The molecular formula is C55H77B3BrClMgNa2O11. The second kappa shape index (κ2) is 26.1. The first kappa shape index (κ1) is 69.9. The van der Waals surface area contributed by atoms with Gasteiger partial charge in [0.2, 0.25) is 0 Å². The Morgan fingerprint density at radius 3 is 1.61 bits per heavy atom. The number of carboxylic acids is 1. The molecule has 19 heteroatoms. The third kappa shape index (κ3) is 12.9. The van der Waals surface area contributed by atoms with Gasteiger partial charge in [0, 0.05) is 16.7 Å². The van der Waals surface area contributed by atoms with Crippen molar-refractivity contribution in [2.45, 2.75) is 176 Å². The first-order chi connectivity index (χ1) is 31.7.